The fourth-order valence-corrected chi connectivity index (χ4v) is 5.28. The maximum atomic E-state index is 12.5. The van der Waals surface area contributed by atoms with E-state index in [9.17, 15) is 9.59 Å². The van der Waals surface area contributed by atoms with Crippen LogP contribution in [0.1, 0.15) is 34.1 Å². The summed E-state index contributed by atoms with van der Waals surface area (Å²) in [5, 5.41) is 8.36. The molecule has 1 aliphatic rings. The van der Waals surface area contributed by atoms with Crippen molar-refractivity contribution < 1.29 is 9.59 Å². The Bertz CT molecular complexity index is 1420. The number of thiazole rings is 1. The van der Waals surface area contributed by atoms with Crippen LogP contribution in [-0.2, 0) is 17.6 Å². The number of benzene rings is 1. The monoisotopic (exact) mass is 473 g/mol. The van der Waals surface area contributed by atoms with Crippen molar-refractivity contribution in [1.82, 2.24) is 29.6 Å². The summed E-state index contributed by atoms with van der Waals surface area (Å²) in [5.41, 5.74) is 6.81. The molecule has 0 saturated carbocycles. The maximum Gasteiger partial charge on any atom is 0.253 e. The fourth-order valence-electron chi connectivity index (χ4n) is 4.16. The lowest BCUT2D eigenvalue weighted by molar-refractivity contribution is -0.114. The van der Waals surface area contributed by atoms with Crippen molar-refractivity contribution in [3.63, 3.8) is 0 Å². The Kier molecular flexibility index (Phi) is 5.45. The van der Waals surface area contributed by atoms with Crippen molar-refractivity contribution in [3.8, 4) is 27.6 Å². The molecule has 1 N–H and O–H groups in total. The summed E-state index contributed by atoms with van der Waals surface area (Å²) < 4.78 is 1.91. The van der Waals surface area contributed by atoms with E-state index >= 15 is 0 Å². The molecule has 3 aromatic heterocycles. The van der Waals surface area contributed by atoms with E-state index in [4.69, 9.17) is 5.10 Å². The van der Waals surface area contributed by atoms with Gasteiger partial charge >= 0.3 is 0 Å². The summed E-state index contributed by atoms with van der Waals surface area (Å²) >= 11 is 1.44. The van der Waals surface area contributed by atoms with Gasteiger partial charge in [0, 0.05) is 44.5 Å². The van der Waals surface area contributed by atoms with Crippen LogP contribution in [0.15, 0.2) is 36.8 Å². The molecule has 0 atom stereocenters. The third kappa shape index (κ3) is 3.75. The van der Waals surface area contributed by atoms with Gasteiger partial charge in [-0.2, -0.15) is 5.10 Å². The standard InChI is InChI=1S/C24H23N7O2S/c1-13-11-15(23(33)30(3)4)5-8-19(13)31-21-16(20(29-31)18-12-25-9-10-26-18)6-7-17-22(21)34-24(28-17)27-14(2)32/h5,8-12H,6-7H2,1-4H3,(H,27,28,32). The SMILES string of the molecule is CC(=O)Nc1nc2c(s1)-c1c(c(-c3cnccn3)nn1-c1ccc(C(=O)N(C)C)cc1C)CC2. The van der Waals surface area contributed by atoms with Gasteiger partial charge in [-0.15, -0.1) is 0 Å². The molecule has 0 saturated heterocycles. The highest BCUT2D eigenvalue weighted by molar-refractivity contribution is 7.19. The van der Waals surface area contributed by atoms with Crippen LogP contribution < -0.4 is 5.32 Å². The Balaban J connectivity index is 1.71. The van der Waals surface area contributed by atoms with Crippen molar-refractivity contribution >= 4 is 28.3 Å². The van der Waals surface area contributed by atoms with E-state index < -0.39 is 0 Å². The van der Waals surface area contributed by atoms with E-state index in [1.807, 2.05) is 29.8 Å². The Hall–Kier alpha value is -3.92. The number of carbonyl (C=O) groups excluding carboxylic acids is 2. The van der Waals surface area contributed by atoms with Gasteiger partial charge in [-0.05, 0) is 43.5 Å². The zero-order chi connectivity index (χ0) is 24.0. The molecule has 0 spiro atoms. The van der Waals surface area contributed by atoms with Gasteiger partial charge in [0.25, 0.3) is 5.91 Å². The summed E-state index contributed by atoms with van der Waals surface area (Å²) in [6.07, 6.45) is 6.49. The molecule has 0 bridgehead atoms. The number of fused-ring (bicyclic) bond motifs is 3. The van der Waals surface area contributed by atoms with Crippen LogP contribution in [-0.4, -0.2) is 55.5 Å². The normalized spacial score (nSPS) is 12.1. The highest BCUT2D eigenvalue weighted by Gasteiger charge is 2.30. The first-order valence-electron chi connectivity index (χ1n) is 10.8. The molecular formula is C24H23N7O2S. The Morgan fingerprint density at radius 2 is 2.00 bits per heavy atom. The minimum atomic E-state index is -0.155. The van der Waals surface area contributed by atoms with E-state index in [0.29, 0.717) is 16.4 Å². The number of nitrogens with zero attached hydrogens (tertiary/aromatic N) is 6. The highest BCUT2D eigenvalue weighted by atomic mass is 32.1. The summed E-state index contributed by atoms with van der Waals surface area (Å²) in [6.45, 7) is 3.44. The van der Waals surface area contributed by atoms with E-state index in [1.54, 1.807) is 37.6 Å². The topological polar surface area (TPSA) is 106 Å². The van der Waals surface area contributed by atoms with Gasteiger partial charge in [-0.25, -0.2) is 9.67 Å². The van der Waals surface area contributed by atoms with Crippen molar-refractivity contribution in [2.24, 2.45) is 0 Å². The maximum absolute atomic E-state index is 12.5. The Morgan fingerprint density at radius 3 is 2.68 bits per heavy atom. The molecular weight excluding hydrogens is 450 g/mol. The lowest BCUT2D eigenvalue weighted by Crippen LogP contribution is -2.21. The lowest BCUT2D eigenvalue weighted by atomic mass is 9.96. The number of aromatic nitrogens is 5. The van der Waals surface area contributed by atoms with E-state index in [-0.39, 0.29) is 11.8 Å². The van der Waals surface area contributed by atoms with Crippen LogP contribution in [0.3, 0.4) is 0 Å². The average molecular weight is 474 g/mol. The van der Waals surface area contributed by atoms with Gasteiger partial charge < -0.3 is 10.2 Å². The Labute approximate surface area is 200 Å². The van der Waals surface area contributed by atoms with Crippen molar-refractivity contribution in [2.75, 3.05) is 19.4 Å². The lowest BCUT2D eigenvalue weighted by Gasteiger charge is -2.16. The van der Waals surface area contributed by atoms with Crippen LogP contribution in [0.25, 0.3) is 27.6 Å². The number of rotatable bonds is 4. The van der Waals surface area contributed by atoms with E-state index in [0.717, 1.165) is 51.6 Å². The van der Waals surface area contributed by atoms with Gasteiger partial charge in [0.2, 0.25) is 5.91 Å². The summed E-state index contributed by atoms with van der Waals surface area (Å²) in [4.78, 5) is 40.0. The third-order valence-electron chi connectivity index (χ3n) is 5.67. The molecule has 9 nitrogen and oxygen atoms in total. The van der Waals surface area contributed by atoms with Crippen molar-refractivity contribution in [2.45, 2.75) is 26.7 Å². The molecule has 4 aromatic rings. The molecule has 3 heterocycles. The van der Waals surface area contributed by atoms with Gasteiger partial charge in [-0.3, -0.25) is 19.6 Å². The summed E-state index contributed by atoms with van der Waals surface area (Å²) in [7, 11) is 3.47. The first-order chi connectivity index (χ1) is 16.3. The van der Waals surface area contributed by atoms with Crippen molar-refractivity contribution in [3.05, 3.63) is 59.2 Å². The predicted octanol–water partition coefficient (Wildman–Crippen LogP) is 3.52. The molecule has 2 amide bonds. The molecule has 10 heteroatoms. The smallest absolute Gasteiger partial charge is 0.253 e. The number of hydrogen-bond donors (Lipinski definition) is 1. The number of aryl methyl sites for hydroxylation is 2. The molecule has 0 fully saturated rings. The first kappa shape index (κ1) is 21.9. The second-order valence-electron chi connectivity index (χ2n) is 8.36. The van der Waals surface area contributed by atoms with E-state index in [1.165, 1.54) is 18.3 Å². The number of nitrogens with one attached hydrogen (secondary N) is 1. The quantitative estimate of drug-likeness (QED) is 0.486. The first-order valence-corrected chi connectivity index (χ1v) is 11.6. The van der Waals surface area contributed by atoms with Gasteiger partial charge in [0.05, 0.1) is 28.1 Å². The predicted molar refractivity (Wildman–Crippen MR) is 130 cm³/mol. The van der Waals surface area contributed by atoms with Gasteiger partial charge in [0.1, 0.15) is 11.4 Å². The number of anilines is 1. The third-order valence-corrected chi connectivity index (χ3v) is 6.69. The Morgan fingerprint density at radius 1 is 1.18 bits per heavy atom. The van der Waals surface area contributed by atoms with Crippen molar-refractivity contribution in [1.29, 1.82) is 0 Å². The number of amides is 2. The van der Waals surface area contributed by atoms with Crippen LogP contribution in [0, 0.1) is 6.92 Å². The number of carbonyl (C=O) groups is 2. The zero-order valence-electron chi connectivity index (χ0n) is 19.3. The molecule has 172 valence electrons. The summed E-state index contributed by atoms with van der Waals surface area (Å²) in [6, 6.07) is 5.62. The van der Waals surface area contributed by atoms with Gasteiger partial charge in [0.15, 0.2) is 5.13 Å². The second-order valence-corrected chi connectivity index (χ2v) is 9.35. The molecule has 0 radical (unpaired) electrons. The molecule has 0 unspecified atom stereocenters. The average Bonchev–Trinajstić information content (AvgIpc) is 3.39. The molecule has 1 aromatic carbocycles. The second kappa shape index (κ2) is 8.45. The van der Waals surface area contributed by atoms with Crippen LogP contribution >= 0.6 is 11.3 Å². The molecule has 5 rings (SSSR count). The highest BCUT2D eigenvalue weighted by Crippen LogP contribution is 2.44. The minimum Gasteiger partial charge on any atom is -0.345 e. The molecule has 34 heavy (non-hydrogen) atoms. The summed E-state index contributed by atoms with van der Waals surface area (Å²) in [5.74, 6) is -0.209. The number of hydrogen-bond acceptors (Lipinski definition) is 7. The van der Waals surface area contributed by atoms with Gasteiger partial charge in [-0.1, -0.05) is 11.3 Å². The fraction of sp³-hybridized carbons (Fsp3) is 0.250. The molecule has 1 aliphatic carbocycles. The molecule has 0 aliphatic heterocycles. The van der Waals surface area contributed by atoms with E-state index in [2.05, 4.69) is 20.3 Å². The zero-order valence-corrected chi connectivity index (χ0v) is 20.1. The largest absolute Gasteiger partial charge is 0.345 e. The van der Waals surface area contributed by atoms with Crippen LogP contribution in [0.2, 0.25) is 0 Å². The van der Waals surface area contributed by atoms with Crippen LogP contribution in [0.5, 0.6) is 0 Å². The minimum absolute atomic E-state index is 0.0536. The van der Waals surface area contributed by atoms with Crippen LogP contribution in [0.4, 0.5) is 5.13 Å².